The van der Waals surface area contributed by atoms with Crippen molar-refractivity contribution in [3.8, 4) is 22.5 Å². The summed E-state index contributed by atoms with van der Waals surface area (Å²) in [5.74, 6) is 0. The van der Waals surface area contributed by atoms with Crippen molar-refractivity contribution < 1.29 is 9.13 Å². The van der Waals surface area contributed by atoms with Crippen molar-refractivity contribution >= 4 is 0 Å². The van der Waals surface area contributed by atoms with Gasteiger partial charge in [0.15, 0.2) is 17.9 Å². The van der Waals surface area contributed by atoms with Gasteiger partial charge in [0.2, 0.25) is 11.4 Å². The van der Waals surface area contributed by atoms with Crippen molar-refractivity contribution in [2.24, 2.45) is 7.05 Å². The Balaban J connectivity index is 1.39. The van der Waals surface area contributed by atoms with Crippen LogP contribution in [0.25, 0.3) is 22.5 Å². The fraction of sp³-hybridized carbons (Fsp3) is 0.415. The second-order valence-corrected chi connectivity index (χ2v) is 14.8. The van der Waals surface area contributed by atoms with Crippen molar-refractivity contribution in [1.82, 2.24) is 0 Å². The Morgan fingerprint density at radius 2 is 1.47 bits per heavy atom. The number of nitrogens with zero attached hydrogens (tertiary/aromatic N) is 2. The summed E-state index contributed by atoms with van der Waals surface area (Å²) < 4.78 is 4.88. The number of hydrogen-bond acceptors (Lipinski definition) is 0. The van der Waals surface area contributed by atoms with E-state index in [9.17, 15) is 0 Å². The highest BCUT2D eigenvalue weighted by molar-refractivity contribution is 5.70. The first kappa shape index (κ1) is 28.3. The van der Waals surface area contributed by atoms with Crippen LogP contribution in [0.5, 0.6) is 0 Å². The number of aromatic nitrogens is 2. The van der Waals surface area contributed by atoms with Crippen LogP contribution >= 0.6 is 0 Å². The molecule has 2 aliphatic carbocycles. The molecule has 2 heteroatoms. The molecule has 4 aromatic rings. The van der Waals surface area contributed by atoms with Gasteiger partial charge in [-0.15, -0.1) is 0 Å². The first-order chi connectivity index (χ1) is 20.6. The van der Waals surface area contributed by atoms with Crippen LogP contribution in [0.3, 0.4) is 0 Å². The van der Waals surface area contributed by atoms with Gasteiger partial charge in [-0.3, -0.25) is 0 Å². The van der Waals surface area contributed by atoms with Crippen molar-refractivity contribution in [3.05, 3.63) is 120 Å². The monoisotopic (exact) mass is 568 g/mol. The molecule has 2 aromatic heterocycles. The van der Waals surface area contributed by atoms with Gasteiger partial charge in [0.1, 0.15) is 7.05 Å². The van der Waals surface area contributed by atoms with Gasteiger partial charge in [0.05, 0.1) is 11.0 Å². The van der Waals surface area contributed by atoms with Crippen LogP contribution in [-0.4, -0.2) is 0 Å². The van der Waals surface area contributed by atoms with Crippen LogP contribution in [0.4, 0.5) is 0 Å². The molecule has 0 N–H and O–H groups in total. The van der Waals surface area contributed by atoms with E-state index in [1.54, 1.807) is 16.7 Å². The van der Waals surface area contributed by atoms with E-state index >= 15 is 0 Å². The van der Waals surface area contributed by atoms with Gasteiger partial charge in [0.25, 0.3) is 0 Å². The lowest BCUT2D eigenvalue weighted by Gasteiger charge is -2.47. The molecule has 2 aromatic carbocycles. The molecule has 1 aliphatic heterocycles. The smallest absolute Gasteiger partial charge is 0.201 e. The van der Waals surface area contributed by atoms with Gasteiger partial charge in [-0.05, 0) is 102 Å². The number of fused-ring (bicyclic) bond motifs is 2. The summed E-state index contributed by atoms with van der Waals surface area (Å²) in [4.78, 5) is 0. The van der Waals surface area contributed by atoms with Crippen LogP contribution in [0.2, 0.25) is 0 Å². The number of allylic oxidation sites excluding steroid dienone is 2. The second kappa shape index (κ2) is 10.0. The Morgan fingerprint density at radius 1 is 0.721 bits per heavy atom. The Morgan fingerprint density at radius 3 is 2.26 bits per heavy atom. The third-order valence-corrected chi connectivity index (χ3v) is 12.0. The largest absolute Gasteiger partial charge is 0.213 e. The van der Waals surface area contributed by atoms with Gasteiger partial charge in [-0.25, -0.2) is 4.57 Å². The first-order valence-electron chi connectivity index (χ1n) is 16.6. The molecular formula is C41H48N2+2. The molecule has 0 spiro atoms. The Kier molecular flexibility index (Phi) is 6.58. The van der Waals surface area contributed by atoms with Crippen LogP contribution in [0, 0.1) is 0 Å². The topological polar surface area (TPSA) is 7.76 Å². The molecule has 0 amide bonds. The van der Waals surface area contributed by atoms with Gasteiger partial charge in [-0.1, -0.05) is 64.5 Å². The summed E-state index contributed by atoms with van der Waals surface area (Å²) in [7, 11) is 2.14. The molecule has 220 valence electrons. The third-order valence-electron chi connectivity index (χ3n) is 12.0. The number of rotatable bonds is 5. The van der Waals surface area contributed by atoms with Crippen molar-refractivity contribution in [3.63, 3.8) is 0 Å². The zero-order valence-corrected chi connectivity index (χ0v) is 27.1. The van der Waals surface area contributed by atoms with Crippen LogP contribution in [0.1, 0.15) is 95.4 Å². The van der Waals surface area contributed by atoms with Crippen molar-refractivity contribution in [2.75, 3.05) is 0 Å². The van der Waals surface area contributed by atoms with Gasteiger partial charge in [0, 0.05) is 36.2 Å². The minimum atomic E-state index is -0.146. The summed E-state index contributed by atoms with van der Waals surface area (Å²) in [5.41, 5.74) is 11.9. The number of benzene rings is 2. The number of pyridine rings is 2. The SMILES string of the molecule is CCC1(C=CCc2ccccc2-c2cccc[n+]2C)[n+]2ccccc2-c2cc3c4cc2C1(C)CCC4(C)CCCC3(C)C. The quantitative estimate of drug-likeness (QED) is 0.168. The predicted octanol–water partition coefficient (Wildman–Crippen LogP) is 8.82. The standard InChI is InChI=1S/C41H48N2/c1-7-41(23-14-17-30-16-8-9-18-31(30)36-19-10-12-26-42(36)6)40(5)25-24-39(4)22-15-21-38(2,3)34-28-32(33(40)29-35(34)39)37-20-11-13-27-43(37)41/h8-14,16,18-20,23,26-29H,7,15,17,21-22,24-25H2,1-6H3/q+2. The summed E-state index contributed by atoms with van der Waals surface area (Å²) in [6, 6.07) is 27.6. The summed E-state index contributed by atoms with van der Waals surface area (Å²) in [5, 5.41) is 0. The molecular weight excluding hydrogens is 520 g/mol. The minimum absolute atomic E-state index is 0.00757. The predicted molar refractivity (Wildman–Crippen MR) is 177 cm³/mol. The minimum Gasteiger partial charge on any atom is -0.201 e. The van der Waals surface area contributed by atoms with E-state index < -0.39 is 0 Å². The molecule has 2 nitrogen and oxygen atoms in total. The molecule has 3 heterocycles. The Labute approximate surface area is 259 Å². The maximum Gasteiger partial charge on any atom is 0.213 e. The highest BCUT2D eigenvalue weighted by atomic mass is 15.1. The molecule has 3 aliphatic rings. The Hall–Kier alpha value is -3.52. The lowest BCUT2D eigenvalue weighted by Crippen LogP contribution is -2.68. The number of aryl methyl sites for hydroxylation is 1. The van der Waals surface area contributed by atoms with E-state index in [2.05, 4.69) is 148 Å². The highest BCUT2D eigenvalue weighted by Gasteiger charge is 2.60. The van der Waals surface area contributed by atoms with E-state index in [4.69, 9.17) is 0 Å². The summed E-state index contributed by atoms with van der Waals surface area (Å²) in [6.45, 7) is 12.5. The zero-order valence-electron chi connectivity index (χ0n) is 27.1. The molecule has 0 fully saturated rings. The van der Waals surface area contributed by atoms with E-state index in [-0.39, 0.29) is 21.8 Å². The number of hydrogen-bond donors (Lipinski definition) is 0. The molecule has 0 saturated heterocycles. The van der Waals surface area contributed by atoms with Gasteiger partial charge < -0.3 is 0 Å². The first-order valence-corrected chi connectivity index (χ1v) is 16.6. The van der Waals surface area contributed by atoms with E-state index in [1.807, 2.05) is 0 Å². The average molecular weight is 569 g/mol. The maximum atomic E-state index is 2.70. The molecule has 3 unspecified atom stereocenters. The van der Waals surface area contributed by atoms with Crippen LogP contribution < -0.4 is 9.13 Å². The van der Waals surface area contributed by atoms with Crippen molar-refractivity contribution in [1.29, 1.82) is 0 Å². The average Bonchev–Trinajstić information content (AvgIpc) is 3.17. The van der Waals surface area contributed by atoms with Crippen LogP contribution in [0.15, 0.2) is 97.3 Å². The maximum absolute atomic E-state index is 2.70. The summed E-state index contributed by atoms with van der Waals surface area (Å²) >= 11 is 0. The van der Waals surface area contributed by atoms with Gasteiger partial charge in [-0.2, -0.15) is 4.57 Å². The molecule has 0 saturated carbocycles. The Bertz CT molecular complexity index is 1740. The van der Waals surface area contributed by atoms with E-state index in [0.717, 1.165) is 12.8 Å². The molecule has 3 atom stereocenters. The lowest BCUT2D eigenvalue weighted by molar-refractivity contribution is -0.756. The fourth-order valence-electron chi connectivity index (χ4n) is 9.24. The van der Waals surface area contributed by atoms with Crippen LogP contribution in [-0.2, 0) is 35.3 Å². The van der Waals surface area contributed by atoms with E-state index in [1.165, 1.54) is 60.2 Å². The molecule has 0 radical (unpaired) electrons. The second-order valence-electron chi connectivity index (χ2n) is 14.8. The normalized spacial score (nSPS) is 26.9. The zero-order chi connectivity index (χ0) is 30.0. The molecule has 43 heavy (non-hydrogen) atoms. The molecule has 2 bridgehead atoms. The van der Waals surface area contributed by atoms with E-state index in [0.29, 0.717) is 0 Å². The highest BCUT2D eigenvalue weighted by Crippen LogP contribution is 2.58. The summed E-state index contributed by atoms with van der Waals surface area (Å²) in [6.07, 6.45) is 17.9. The fourth-order valence-corrected chi connectivity index (χ4v) is 9.24. The van der Waals surface area contributed by atoms with Gasteiger partial charge >= 0.3 is 0 Å². The lowest BCUT2D eigenvalue weighted by atomic mass is 9.59. The third kappa shape index (κ3) is 4.12. The molecule has 7 rings (SSSR count). The van der Waals surface area contributed by atoms with Crippen molar-refractivity contribution in [2.45, 2.75) is 101 Å².